The van der Waals surface area contributed by atoms with Crippen molar-refractivity contribution in [2.75, 3.05) is 13.2 Å². The molecule has 0 bridgehead atoms. The summed E-state index contributed by atoms with van der Waals surface area (Å²) in [5.74, 6) is 1.90. The van der Waals surface area contributed by atoms with Gasteiger partial charge in [0.05, 0.1) is 6.61 Å². The van der Waals surface area contributed by atoms with Gasteiger partial charge in [0.15, 0.2) is 0 Å². The number of aromatic nitrogens is 2. The summed E-state index contributed by atoms with van der Waals surface area (Å²) in [5, 5.41) is 2.97. The predicted octanol–water partition coefficient (Wildman–Crippen LogP) is 2.34. The van der Waals surface area contributed by atoms with Crippen molar-refractivity contribution in [3.05, 3.63) is 47.5 Å². The molecule has 1 N–H and O–H groups in total. The van der Waals surface area contributed by atoms with Crippen molar-refractivity contribution < 1.29 is 9.53 Å². The summed E-state index contributed by atoms with van der Waals surface area (Å²) in [5.41, 5.74) is 1.84. The molecule has 0 saturated carbocycles. The molecule has 22 heavy (non-hydrogen) atoms. The predicted molar refractivity (Wildman–Crippen MR) is 84.2 cm³/mol. The Morgan fingerprint density at radius 1 is 1.45 bits per heavy atom. The molecule has 1 aromatic heterocycles. The molecule has 0 fully saturated rings. The number of hydrogen-bond acceptors (Lipinski definition) is 3. The van der Waals surface area contributed by atoms with Gasteiger partial charge in [-0.25, -0.2) is 4.98 Å². The smallest absolute Gasteiger partial charge is 0.251 e. The van der Waals surface area contributed by atoms with Crippen LogP contribution in [0.15, 0.2) is 30.6 Å². The molecule has 2 heterocycles. The molecule has 3 rings (SSSR count). The molecule has 0 radical (unpaired) electrons. The van der Waals surface area contributed by atoms with E-state index in [1.165, 1.54) is 0 Å². The van der Waals surface area contributed by atoms with Gasteiger partial charge in [-0.15, -0.1) is 0 Å². The number of aryl methyl sites for hydroxylation is 3. The highest BCUT2D eigenvalue weighted by Gasteiger charge is 2.13. The Morgan fingerprint density at radius 3 is 3.18 bits per heavy atom. The van der Waals surface area contributed by atoms with Crippen molar-refractivity contribution in [2.24, 2.45) is 0 Å². The number of nitrogens with one attached hydrogen (secondary N) is 1. The second-order valence-corrected chi connectivity index (χ2v) is 5.55. The van der Waals surface area contributed by atoms with Gasteiger partial charge in [0.2, 0.25) is 0 Å². The quantitative estimate of drug-likeness (QED) is 0.862. The lowest BCUT2D eigenvalue weighted by Crippen LogP contribution is -2.25. The summed E-state index contributed by atoms with van der Waals surface area (Å²) in [7, 11) is 0. The number of fused-ring (bicyclic) bond motifs is 1. The summed E-state index contributed by atoms with van der Waals surface area (Å²) < 4.78 is 7.65. The molecule has 2 aromatic rings. The monoisotopic (exact) mass is 299 g/mol. The topological polar surface area (TPSA) is 56.2 Å². The average Bonchev–Trinajstić information content (AvgIpc) is 2.96. The molecular weight excluding hydrogens is 278 g/mol. The lowest BCUT2D eigenvalue weighted by molar-refractivity contribution is 0.0952. The number of carbonyl (C=O) groups is 1. The normalized spacial score (nSPS) is 13.3. The maximum absolute atomic E-state index is 12.2. The molecule has 5 nitrogen and oxygen atoms in total. The van der Waals surface area contributed by atoms with E-state index in [9.17, 15) is 4.79 Å². The van der Waals surface area contributed by atoms with Crippen LogP contribution in [0.1, 0.15) is 34.6 Å². The third-order valence-corrected chi connectivity index (χ3v) is 3.96. The maximum Gasteiger partial charge on any atom is 0.251 e. The van der Waals surface area contributed by atoms with E-state index in [4.69, 9.17) is 4.74 Å². The summed E-state index contributed by atoms with van der Waals surface area (Å²) in [6, 6.07) is 5.68. The van der Waals surface area contributed by atoms with Crippen LogP contribution in [0.5, 0.6) is 5.75 Å². The fourth-order valence-corrected chi connectivity index (χ4v) is 2.70. The Hall–Kier alpha value is -2.30. The molecule has 5 heteroatoms. The molecule has 0 spiro atoms. The van der Waals surface area contributed by atoms with Crippen molar-refractivity contribution >= 4 is 5.91 Å². The van der Waals surface area contributed by atoms with Crippen LogP contribution >= 0.6 is 0 Å². The van der Waals surface area contributed by atoms with Crippen LogP contribution in [0.3, 0.4) is 0 Å². The number of benzene rings is 1. The van der Waals surface area contributed by atoms with E-state index in [1.54, 1.807) is 6.20 Å². The molecular formula is C17H21N3O2. The number of imidazole rings is 1. The molecule has 0 atom stereocenters. The van der Waals surface area contributed by atoms with Gasteiger partial charge in [-0.2, -0.15) is 0 Å². The van der Waals surface area contributed by atoms with E-state index in [0.717, 1.165) is 49.6 Å². The van der Waals surface area contributed by atoms with Crippen LogP contribution < -0.4 is 10.1 Å². The fourth-order valence-electron chi connectivity index (χ4n) is 2.70. The molecule has 0 aliphatic carbocycles. The van der Waals surface area contributed by atoms with E-state index in [2.05, 4.69) is 14.9 Å². The van der Waals surface area contributed by atoms with Gasteiger partial charge < -0.3 is 14.6 Å². The lowest BCUT2D eigenvalue weighted by Gasteiger charge is -2.17. The van der Waals surface area contributed by atoms with Gasteiger partial charge in [0.1, 0.15) is 11.6 Å². The molecule has 1 aliphatic rings. The second kappa shape index (κ2) is 6.64. The van der Waals surface area contributed by atoms with E-state index < -0.39 is 0 Å². The average molecular weight is 299 g/mol. The largest absolute Gasteiger partial charge is 0.493 e. The van der Waals surface area contributed by atoms with Crippen molar-refractivity contribution in [2.45, 2.75) is 32.7 Å². The zero-order chi connectivity index (χ0) is 15.4. The zero-order valence-corrected chi connectivity index (χ0v) is 12.8. The first-order chi connectivity index (χ1) is 10.7. The van der Waals surface area contributed by atoms with Crippen LogP contribution in [0, 0.1) is 6.92 Å². The lowest BCUT2D eigenvalue weighted by atomic mass is 10.0. The first-order valence-corrected chi connectivity index (χ1v) is 7.76. The van der Waals surface area contributed by atoms with Crippen molar-refractivity contribution in [1.29, 1.82) is 0 Å². The van der Waals surface area contributed by atoms with Crippen LogP contribution in [0.4, 0.5) is 0 Å². The SMILES string of the molecule is Cc1nccn1CCCNC(=O)c1ccc2c(c1)CCCO2. The van der Waals surface area contributed by atoms with Crippen LogP contribution in [0.25, 0.3) is 0 Å². The highest BCUT2D eigenvalue weighted by atomic mass is 16.5. The van der Waals surface area contributed by atoms with Crippen molar-refractivity contribution in [1.82, 2.24) is 14.9 Å². The van der Waals surface area contributed by atoms with Crippen molar-refractivity contribution in [3.8, 4) is 5.75 Å². The van der Waals surface area contributed by atoms with Gasteiger partial charge in [0, 0.05) is 31.0 Å². The summed E-state index contributed by atoms with van der Waals surface area (Å²) in [4.78, 5) is 16.4. The molecule has 0 unspecified atom stereocenters. The molecule has 1 amide bonds. The van der Waals surface area contributed by atoms with Crippen LogP contribution in [-0.4, -0.2) is 28.6 Å². The Balaban J connectivity index is 1.50. The highest BCUT2D eigenvalue weighted by molar-refractivity contribution is 5.94. The van der Waals surface area contributed by atoms with E-state index >= 15 is 0 Å². The molecule has 0 saturated heterocycles. The second-order valence-electron chi connectivity index (χ2n) is 5.55. The molecule has 1 aliphatic heterocycles. The maximum atomic E-state index is 12.2. The Morgan fingerprint density at radius 2 is 2.36 bits per heavy atom. The van der Waals surface area contributed by atoms with Gasteiger partial charge in [-0.3, -0.25) is 4.79 Å². The van der Waals surface area contributed by atoms with E-state index in [-0.39, 0.29) is 5.91 Å². The number of carbonyl (C=O) groups excluding carboxylic acids is 1. The van der Waals surface area contributed by atoms with Crippen LogP contribution in [-0.2, 0) is 13.0 Å². The van der Waals surface area contributed by atoms with E-state index in [0.29, 0.717) is 12.1 Å². The zero-order valence-electron chi connectivity index (χ0n) is 12.8. The first-order valence-electron chi connectivity index (χ1n) is 7.76. The Labute approximate surface area is 130 Å². The van der Waals surface area contributed by atoms with E-state index in [1.807, 2.05) is 31.3 Å². The number of nitrogens with zero attached hydrogens (tertiary/aromatic N) is 2. The third kappa shape index (κ3) is 3.30. The van der Waals surface area contributed by atoms with Gasteiger partial charge in [-0.05, 0) is 49.9 Å². The summed E-state index contributed by atoms with van der Waals surface area (Å²) in [6.45, 7) is 4.27. The number of hydrogen-bond donors (Lipinski definition) is 1. The van der Waals surface area contributed by atoms with Gasteiger partial charge in [0.25, 0.3) is 5.91 Å². The number of ether oxygens (including phenoxy) is 1. The number of rotatable bonds is 5. The first kappa shape index (κ1) is 14.6. The minimum absolute atomic E-state index is 0.0178. The molecule has 1 aromatic carbocycles. The highest BCUT2D eigenvalue weighted by Crippen LogP contribution is 2.25. The standard InChI is InChI=1S/C17H21N3O2/c1-13-18-8-10-20(13)9-3-7-19-17(21)15-5-6-16-14(12-15)4-2-11-22-16/h5-6,8,10,12H,2-4,7,9,11H2,1H3,(H,19,21). The van der Waals surface area contributed by atoms with Crippen molar-refractivity contribution in [3.63, 3.8) is 0 Å². The Bertz CT molecular complexity index is 664. The summed E-state index contributed by atoms with van der Waals surface area (Å²) in [6.07, 6.45) is 6.64. The fraction of sp³-hybridized carbons (Fsp3) is 0.412. The summed E-state index contributed by atoms with van der Waals surface area (Å²) >= 11 is 0. The van der Waals surface area contributed by atoms with Crippen LogP contribution in [0.2, 0.25) is 0 Å². The molecule has 116 valence electrons. The minimum Gasteiger partial charge on any atom is -0.493 e. The minimum atomic E-state index is -0.0178. The Kier molecular flexibility index (Phi) is 4.42. The van der Waals surface area contributed by atoms with Gasteiger partial charge in [-0.1, -0.05) is 0 Å². The third-order valence-electron chi connectivity index (χ3n) is 3.96. The van der Waals surface area contributed by atoms with Gasteiger partial charge >= 0.3 is 0 Å². The number of amides is 1.